The first kappa shape index (κ1) is 16.2. The molecule has 124 valence electrons. The van der Waals surface area contributed by atoms with Crippen LogP contribution in [0.4, 0.5) is 5.69 Å². The third-order valence-corrected chi connectivity index (χ3v) is 3.45. The lowest BCUT2D eigenvalue weighted by Crippen LogP contribution is -2.22. The molecule has 0 saturated carbocycles. The number of carbonyl (C=O) groups excluding carboxylic acids is 2. The van der Waals surface area contributed by atoms with E-state index in [1.54, 1.807) is 42.5 Å². The van der Waals surface area contributed by atoms with Crippen molar-refractivity contribution in [3.05, 3.63) is 59.8 Å². The predicted molar refractivity (Wildman–Crippen MR) is 88.5 cm³/mol. The number of nitrogens with zero attached hydrogens (tertiary/aromatic N) is 2. The first-order chi connectivity index (χ1) is 12.2. The summed E-state index contributed by atoms with van der Waals surface area (Å²) in [5, 5.41) is 16.1. The van der Waals surface area contributed by atoms with Gasteiger partial charge in [-0.25, -0.2) is 0 Å². The van der Waals surface area contributed by atoms with E-state index in [-0.39, 0.29) is 6.42 Å². The Morgan fingerprint density at radius 1 is 1.16 bits per heavy atom. The van der Waals surface area contributed by atoms with Gasteiger partial charge in [0.15, 0.2) is 12.2 Å². The third kappa shape index (κ3) is 3.82. The van der Waals surface area contributed by atoms with Crippen molar-refractivity contribution < 1.29 is 18.8 Å². The van der Waals surface area contributed by atoms with E-state index in [4.69, 9.17) is 14.5 Å². The van der Waals surface area contributed by atoms with Crippen molar-refractivity contribution in [1.82, 2.24) is 5.16 Å². The summed E-state index contributed by atoms with van der Waals surface area (Å²) in [6.45, 7) is -0.450. The molecule has 1 aromatic heterocycles. The summed E-state index contributed by atoms with van der Waals surface area (Å²) in [5.74, 6) is -1.12. The average Bonchev–Trinajstić information content (AvgIpc) is 3.03. The molecule has 1 N–H and O–H groups in total. The average molecular weight is 335 g/mol. The molecule has 0 unspecified atom stereocenters. The van der Waals surface area contributed by atoms with Crippen LogP contribution in [0.1, 0.15) is 11.3 Å². The van der Waals surface area contributed by atoms with Crippen molar-refractivity contribution in [2.75, 3.05) is 11.9 Å². The molecular weight excluding hydrogens is 322 g/mol. The molecule has 1 amide bonds. The Balaban J connectivity index is 1.55. The number of aromatic nitrogens is 1. The summed E-state index contributed by atoms with van der Waals surface area (Å²) >= 11 is 0. The van der Waals surface area contributed by atoms with E-state index < -0.39 is 18.5 Å². The number of fused-ring (bicyclic) bond motifs is 1. The molecular formula is C18H13N3O4. The van der Waals surface area contributed by atoms with Gasteiger partial charge in [-0.1, -0.05) is 29.4 Å². The van der Waals surface area contributed by atoms with Crippen LogP contribution in [0.2, 0.25) is 0 Å². The molecule has 1 heterocycles. The van der Waals surface area contributed by atoms with E-state index in [1.807, 2.05) is 12.1 Å². The summed E-state index contributed by atoms with van der Waals surface area (Å²) in [7, 11) is 0. The number of amides is 1. The smallest absolute Gasteiger partial charge is 0.312 e. The van der Waals surface area contributed by atoms with Crippen molar-refractivity contribution in [2.24, 2.45) is 0 Å². The second-order valence-corrected chi connectivity index (χ2v) is 5.17. The van der Waals surface area contributed by atoms with Crippen molar-refractivity contribution in [2.45, 2.75) is 6.42 Å². The number of benzene rings is 2. The molecule has 0 radical (unpaired) electrons. The monoisotopic (exact) mass is 335 g/mol. The van der Waals surface area contributed by atoms with Gasteiger partial charge in [0.2, 0.25) is 0 Å². The van der Waals surface area contributed by atoms with Crippen molar-refractivity contribution in [1.29, 1.82) is 5.26 Å². The maximum Gasteiger partial charge on any atom is 0.312 e. The minimum Gasteiger partial charge on any atom is -0.455 e. The van der Waals surface area contributed by atoms with Crippen molar-refractivity contribution in [3.63, 3.8) is 0 Å². The Kier molecular flexibility index (Phi) is 4.72. The summed E-state index contributed by atoms with van der Waals surface area (Å²) in [6.07, 6.45) is -0.0981. The Labute approximate surface area is 142 Å². The highest BCUT2D eigenvalue weighted by Crippen LogP contribution is 2.18. The predicted octanol–water partition coefficient (Wildman–Crippen LogP) is 2.42. The van der Waals surface area contributed by atoms with Crippen LogP contribution < -0.4 is 5.32 Å². The normalized spacial score (nSPS) is 10.2. The number of esters is 1. The van der Waals surface area contributed by atoms with Crippen LogP contribution in [0.15, 0.2) is 53.1 Å². The van der Waals surface area contributed by atoms with E-state index >= 15 is 0 Å². The first-order valence-electron chi connectivity index (χ1n) is 7.45. The standard InChI is InChI=1S/C18H13N3O4/c19-10-12-5-1-3-7-14(12)20-17(22)11-24-18(23)9-15-13-6-2-4-8-16(13)25-21-15/h1-8H,9,11H2,(H,20,22). The van der Waals surface area contributed by atoms with Gasteiger partial charge in [-0.3, -0.25) is 9.59 Å². The molecule has 0 aliphatic rings. The second kappa shape index (κ2) is 7.27. The quantitative estimate of drug-likeness (QED) is 0.718. The van der Waals surface area contributed by atoms with E-state index in [9.17, 15) is 9.59 Å². The van der Waals surface area contributed by atoms with Crippen molar-refractivity contribution >= 4 is 28.5 Å². The van der Waals surface area contributed by atoms with Gasteiger partial charge >= 0.3 is 5.97 Å². The van der Waals surface area contributed by atoms with Gasteiger partial charge in [-0.2, -0.15) is 5.26 Å². The molecule has 2 aromatic carbocycles. The molecule has 0 atom stereocenters. The lowest BCUT2D eigenvalue weighted by atomic mass is 10.2. The van der Waals surface area contributed by atoms with Gasteiger partial charge in [-0.05, 0) is 24.3 Å². The van der Waals surface area contributed by atoms with Gasteiger partial charge in [0.05, 0.1) is 17.7 Å². The third-order valence-electron chi connectivity index (χ3n) is 3.45. The van der Waals surface area contributed by atoms with Crippen LogP contribution in [0.3, 0.4) is 0 Å². The number of nitriles is 1. The largest absolute Gasteiger partial charge is 0.455 e. The molecule has 0 bridgehead atoms. The Morgan fingerprint density at radius 2 is 1.92 bits per heavy atom. The molecule has 0 spiro atoms. The summed E-state index contributed by atoms with van der Waals surface area (Å²) in [5.41, 5.74) is 1.73. The van der Waals surface area contributed by atoms with Crippen LogP contribution in [0.5, 0.6) is 0 Å². The lowest BCUT2D eigenvalue weighted by Gasteiger charge is -2.07. The van der Waals surface area contributed by atoms with Crippen LogP contribution in [-0.2, 0) is 20.7 Å². The number of para-hydroxylation sites is 2. The van der Waals surface area contributed by atoms with Crippen LogP contribution in [0, 0.1) is 11.3 Å². The minimum atomic E-state index is -0.595. The Bertz CT molecular complexity index is 972. The van der Waals surface area contributed by atoms with Crippen molar-refractivity contribution in [3.8, 4) is 6.07 Å². The van der Waals surface area contributed by atoms with Gasteiger partial charge in [0.25, 0.3) is 5.91 Å². The minimum absolute atomic E-state index is 0.0981. The maximum atomic E-state index is 11.9. The number of rotatable bonds is 5. The highest BCUT2D eigenvalue weighted by Gasteiger charge is 2.15. The molecule has 0 saturated heterocycles. The molecule has 3 rings (SSSR count). The first-order valence-corrected chi connectivity index (χ1v) is 7.45. The second-order valence-electron chi connectivity index (χ2n) is 5.17. The van der Waals surface area contributed by atoms with Gasteiger partial charge < -0.3 is 14.6 Å². The highest BCUT2D eigenvalue weighted by molar-refractivity contribution is 5.94. The zero-order chi connectivity index (χ0) is 17.6. The number of hydrogen-bond donors (Lipinski definition) is 1. The van der Waals surface area contributed by atoms with E-state index in [0.29, 0.717) is 22.5 Å². The lowest BCUT2D eigenvalue weighted by molar-refractivity contribution is -0.146. The number of carbonyl (C=O) groups is 2. The van der Waals surface area contributed by atoms with Gasteiger partial charge in [0.1, 0.15) is 11.8 Å². The summed E-state index contributed by atoms with van der Waals surface area (Å²) in [6, 6.07) is 15.7. The molecule has 25 heavy (non-hydrogen) atoms. The maximum absolute atomic E-state index is 11.9. The summed E-state index contributed by atoms with van der Waals surface area (Å²) < 4.78 is 10.1. The zero-order valence-electron chi connectivity index (χ0n) is 13.1. The molecule has 3 aromatic rings. The van der Waals surface area contributed by atoms with E-state index in [0.717, 1.165) is 5.39 Å². The summed E-state index contributed by atoms with van der Waals surface area (Å²) in [4.78, 5) is 23.8. The fourth-order valence-corrected chi connectivity index (χ4v) is 2.28. The number of ether oxygens (including phenoxy) is 1. The van der Waals surface area contributed by atoms with E-state index in [2.05, 4.69) is 10.5 Å². The molecule has 7 heteroatoms. The zero-order valence-corrected chi connectivity index (χ0v) is 13.1. The Hall–Kier alpha value is -3.66. The molecule has 0 aliphatic heterocycles. The molecule has 0 aliphatic carbocycles. The molecule has 0 fully saturated rings. The Morgan fingerprint density at radius 3 is 2.76 bits per heavy atom. The molecule has 7 nitrogen and oxygen atoms in total. The highest BCUT2D eigenvalue weighted by atomic mass is 16.5. The van der Waals surface area contributed by atoms with Crippen LogP contribution >= 0.6 is 0 Å². The fraction of sp³-hybridized carbons (Fsp3) is 0.111. The number of anilines is 1. The van der Waals surface area contributed by atoms with Gasteiger partial charge in [-0.15, -0.1) is 0 Å². The fourth-order valence-electron chi connectivity index (χ4n) is 2.28. The van der Waals surface area contributed by atoms with Gasteiger partial charge in [0, 0.05) is 5.39 Å². The number of nitrogens with one attached hydrogen (secondary N) is 1. The number of hydrogen-bond acceptors (Lipinski definition) is 6. The van der Waals surface area contributed by atoms with E-state index in [1.165, 1.54) is 0 Å². The van der Waals surface area contributed by atoms with Crippen LogP contribution in [0.25, 0.3) is 11.0 Å². The van der Waals surface area contributed by atoms with Crippen LogP contribution in [-0.4, -0.2) is 23.6 Å². The SMILES string of the molecule is N#Cc1ccccc1NC(=O)COC(=O)Cc1noc2ccccc12. The topological polar surface area (TPSA) is 105 Å².